The Morgan fingerprint density at radius 2 is 1.94 bits per heavy atom. The van der Waals surface area contributed by atoms with Crippen molar-refractivity contribution in [2.24, 2.45) is 0 Å². The quantitative estimate of drug-likeness (QED) is 0.664. The minimum Gasteiger partial charge on any atom is -0.224 e. The van der Waals surface area contributed by atoms with Crippen LogP contribution in [0, 0.1) is 0 Å². The number of hydrogen-bond acceptors (Lipinski definition) is 3. The van der Waals surface area contributed by atoms with Gasteiger partial charge in [-0.15, -0.1) is 11.3 Å². The summed E-state index contributed by atoms with van der Waals surface area (Å²) in [6, 6.07) is 1.67. The molecule has 1 aromatic rings. The van der Waals surface area contributed by atoms with Crippen LogP contribution in [0.1, 0.15) is 32.6 Å². The SMILES string of the molecule is CCCCCCS(=O)(=O)c1cc(Br)sc1Br. The molecule has 1 heterocycles. The molecular formula is C10H14Br2O2S2. The molecule has 1 aromatic heterocycles. The van der Waals surface area contributed by atoms with Crippen molar-refractivity contribution in [3.05, 3.63) is 13.6 Å². The molecular weight excluding hydrogens is 376 g/mol. The fourth-order valence-corrected chi connectivity index (χ4v) is 6.70. The molecule has 0 fully saturated rings. The van der Waals surface area contributed by atoms with Gasteiger partial charge in [-0.2, -0.15) is 0 Å². The van der Waals surface area contributed by atoms with E-state index in [2.05, 4.69) is 38.8 Å². The van der Waals surface area contributed by atoms with Crippen molar-refractivity contribution in [1.82, 2.24) is 0 Å². The molecule has 0 radical (unpaired) electrons. The Hall–Kier alpha value is 0.610. The van der Waals surface area contributed by atoms with Gasteiger partial charge in [0.05, 0.1) is 18.2 Å². The van der Waals surface area contributed by atoms with E-state index in [9.17, 15) is 8.42 Å². The van der Waals surface area contributed by atoms with Crippen LogP contribution in [0.25, 0.3) is 0 Å². The Kier molecular flexibility index (Phi) is 5.98. The molecule has 6 heteroatoms. The third-order valence-electron chi connectivity index (χ3n) is 2.23. The molecule has 0 saturated carbocycles. The summed E-state index contributed by atoms with van der Waals surface area (Å²) in [6.07, 6.45) is 3.95. The highest BCUT2D eigenvalue weighted by Gasteiger charge is 2.19. The van der Waals surface area contributed by atoms with Gasteiger partial charge in [-0.25, -0.2) is 8.42 Å². The molecule has 0 aliphatic rings. The molecule has 0 aromatic carbocycles. The topological polar surface area (TPSA) is 34.1 Å². The molecule has 0 atom stereocenters. The fourth-order valence-electron chi connectivity index (χ4n) is 1.37. The maximum Gasteiger partial charge on any atom is 0.180 e. The Bertz CT molecular complexity index is 438. The Balaban J connectivity index is 2.67. The molecule has 0 aliphatic heterocycles. The van der Waals surface area contributed by atoms with Crippen molar-refractivity contribution in [3.8, 4) is 0 Å². The number of hydrogen-bond donors (Lipinski definition) is 0. The molecule has 0 amide bonds. The number of rotatable bonds is 6. The Morgan fingerprint density at radius 1 is 1.25 bits per heavy atom. The van der Waals surface area contributed by atoms with Crippen LogP contribution in [-0.4, -0.2) is 14.2 Å². The van der Waals surface area contributed by atoms with E-state index in [4.69, 9.17) is 0 Å². The lowest BCUT2D eigenvalue weighted by Gasteiger charge is -2.02. The van der Waals surface area contributed by atoms with E-state index in [1.807, 2.05) is 0 Å². The van der Waals surface area contributed by atoms with Crippen LogP contribution in [0.2, 0.25) is 0 Å². The van der Waals surface area contributed by atoms with Crippen molar-refractivity contribution >= 4 is 53.0 Å². The summed E-state index contributed by atoms with van der Waals surface area (Å²) in [6.45, 7) is 2.11. The van der Waals surface area contributed by atoms with Gasteiger partial charge in [0, 0.05) is 0 Å². The van der Waals surface area contributed by atoms with Crippen LogP contribution >= 0.6 is 43.2 Å². The second kappa shape index (κ2) is 6.52. The van der Waals surface area contributed by atoms with Gasteiger partial charge in [0.2, 0.25) is 0 Å². The summed E-state index contributed by atoms with van der Waals surface area (Å²) in [5.74, 6) is 0.245. The van der Waals surface area contributed by atoms with E-state index >= 15 is 0 Å². The summed E-state index contributed by atoms with van der Waals surface area (Å²) in [5, 5.41) is 0. The van der Waals surface area contributed by atoms with Crippen LogP contribution in [0.3, 0.4) is 0 Å². The van der Waals surface area contributed by atoms with Gasteiger partial charge in [-0.3, -0.25) is 0 Å². The van der Waals surface area contributed by atoms with E-state index in [0.29, 0.717) is 8.68 Å². The first-order chi connectivity index (χ1) is 7.47. The third-order valence-corrected chi connectivity index (χ3v) is 6.78. The van der Waals surface area contributed by atoms with Crippen LogP contribution < -0.4 is 0 Å². The lowest BCUT2D eigenvalue weighted by Crippen LogP contribution is -2.06. The van der Waals surface area contributed by atoms with Crippen molar-refractivity contribution in [2.45, 2.75) is 37.5 Å². The summed E-state index contributed by atoms with van der Waals surface area (Å²) in [7, 11) is -3.12. The number of thiophene rings is 1. The van der Waals surface area contributed by atoms with Gasteiger partial charge in [0.25, 0.3) is 0 Å². The van der Waals surface area contributed by atoms with Gasteiger partial charge in [-0.1, -0.05) is 26.2 Å². The van der Waals surface area contributed by atoms with E-state index in [1.54, 1.807) is 6.07 Å². The molecule has 0 spiro atoms. The van der Waals surface area contributed by atoms with Crippen LogP contribution in [0.5, 0.6) is 0 Å². The van der Waals surface area contributed by atoms with E-state index < -0.39 is 9.84 Å². The zero-order valence-electron chi connectivity index (χ0n) is 9.00. The number of halogens is 2. The minimum atomic E-state index is -3.12. The molecule has 0 bridgehead atoms. The van der Waals surface area contributed by atoms with Gasteiger partial charge in [-0.05, 0) is 44.3 Å². The average Bonchev–Trinajstić information content (AvgIpc) is 2.53. The molecule has 1 rings (SSSR count). The van der Waals surface area contributed by atoms with E-state index in [1.165, 1.54) is 11.3 Å². The molecule has 92 valence electrons. The summed E-state index contributed by atoms with van der Waals surface area (Å²) in [5.41, 5.74) is 0. The highest BCUT2D eigenvalue weighted by molar-refractivity contribution is 9.12. The first-order valence-electron chi connectivity index (χ1n) is 5.15. The molecule has 0 aliphatic carbocycles. The van der Waals surface area contributed by atoms with Gasteiger partial charge < -0.3 is 0 Å². The monoisotopic (exact) mass is 388 g/mol. The van der Waals surface area contributed by atoms with Crippen molar-refractivity contribution < 1.29 is 8.42 Å². The first-order valence-corrected chi connectivity index (χ1v) is 9.20. The standard InChI is InChI=1S/C10H14Br2O2S2/c1-2-3-4-5-6-16(13,14)8-7-9(11)15-10(8)12/h7H,2-6H2,1H3. The first kappa shape index (κ1) is 14.7. The molecule has 0 N–H and O–H groups in total. The summed E-state index contributed by atoms with van der Waals surface area (Å²) in [4.78, 5) is 0.417. The largest absolute Gasteiger partial charge is 0.224 e. The fraction of sp³-hybridized carbons (Fsp3) is 0.600. The summed E-state index contributed by atoms with van der Waals surface area (Å²) < 4.78 is 25.5. The zero-order chi connectivity index (χ0) is 12.2. The highest BCUT2D eigenvalue weighted by Crippen LogP contribution is 2.35. The third kappa shape index (κ3) is 4.13. The van der Waals surface area contributed by atoms with Crippen molar-refractivity contribution in [1.29, 1.82) is 0 Å². The van der Waals surface area contributed by atoms with Crippen molar-refractivity contribution in [3.63, 3.8) is 0 Å². The summed E-state index contributed by atoms with van der Waals surface area (Å²) >= 11 is 7.97. The van der Waals surface area contributed by atoms with E-state index in [0.717, 1.165) is 29.5 Å². The lowest BCUT2D eigenvalue weighted by atomic mass is 10.2. The highest BCUT2D eigenvalue weighted by atomic mass is 79.9. The van der Waals surface area contributed by atoms with Gasteiger partial charge in [0.15, 0.2) is 9.84 Å². The maximum atomic E-state index is 12.0. The average molecular weight is 390 g/mol. The minimum absolute atomic E-state index is 0.245. The number of sulfone groups is 1. The molecule has 16 heavy (non-hydrogen) atoms. The Morgan fingerprint density at radius 3 is 2.44 bits per heavy atom. The predicted molar refractivity (Wildman–Crippen MR) is 75.9 cm³/mol. The Labute approximate surface area is 118 Å². The predicted octanol–water partition coefficient (Wildman–Crippen LogP) is 4.63. The van der Waals surface area contributed by atoms with Crippen LogP contribution in [0.15, 0.2) is 18.5 Å². The zero-order valence-corrected chi connectivity index (χ0v) is 13.8. The molecule has 2 nitrogen and oxygen atoms in total. The normalized spacial score (nSPS) is 11.9. The molecule has 0 unspecified atom stereocenters. The van der Waals surface area contributed by atoms with Gasteiger partial charge >= 0.3 is 0 Å². The van der Waals surface area contributed by atoms with Crippen molar-refractivity contribution in [2.75, 3.05) is 5.75 Å². The van der Waals surface area contributed by atoms with E-state index in [-0.39, 0.29) is 5.75 Å². The lowest BCUT2D eigenvalue weighted by molar-refractivity contribution is 0.589. The maximum absolute atomic E-state index is 12.0. The second-order valence-corrected chi connectivity index (χ2v) is 9.39. The van der Waals surface area contributed by atoms with Gasteiger partial charge in [0.1, 0.15) is 0 Å². The van der Waals surface area contributed by atoms with Crippen LogP contribution in [-0.2, 0) is 9.84 Å². The smallest absolute Gasteiger partial charge is 0.180 e. The number of unbranched alkanes of at least 4 members (excludes halogenated alkanes) is 3. The molecule has 0 saturated heterocycles. The second-order valence-electron chi connectivity index (χ2n) is 3.57. The van der Waals surface area contributed by atoms with Crippen LogP contribution in [0.4, 0.5) is 0 Å².